The summed E-state index contributed by atoms with van der Waals surface area (Å²) in [5.41, 5.74) is 0.927. The van der Waals surface area contributed by atoms with Gasteiger partial charge in [-0.1, -0.05) is 0 Å². The van der Waals surface area contributed by atoms with Gasteiger partial charge < -0.3 is 15.4 Å². The number of hydrogen-bond donors (Lipinski definition) is 2. The minimum absolute atomic E-state index is 0.153. The first-order valence-electron chi connectivity index (χ1n) is 6.04. The highest BCUT2D eigenvalue weighted by Crippen LogP contribution is 2.13. The fourth-order valence-electron chi connectivity index (χ4n) is 1.62. The van der Waals surface area contributed by atoms with Crippen molar-refractivity contribution in [2.75, 3.05) is 25.5 Å². The van der Waals surface area contributed by atoms with Gasteiger partial charge in [-0.15, -0.1) is 0 Å². The molecule has 1 heterocycles. The maximum atomic E-state index is 12.0. The van der Waals surface area contributed by atoms with Crippen LogP contribution in [0.25, 0.3) is 0 Å². The third-order valence-corrected chi connectivity index (χ3v) is 2.54. The number of hydrogen-bond acceptors (Lipinski definition) is 4. The minimum Gasteiger partial charge on any atom is -0.387 e. The van der Waals surface area contributed by atoms with E-state index < -0.39 is 0 Å². The summed E-state index contributed by atoms with van der Waals surface area (Å²) in [4.78, 5) is 16.0. The monoisotopic (exact) mass is 251 g/mol. The van der Waals surface area contributed by atoms with Crippen LogP contribution in [0.5, 0.6) is 0 Å². The summed E-state index contributed by atoms with van der Waals surface area (Å²) in [6.45, 7) is 6.90. The molecular weight excluding hydrogens is 230 g/mol. The Morgan fingerprint density at radius 1 is 1.50 bits per heavy atom. The van der Waals surface area contributed by atoms with Crippen LogP contribution < -0.4 is 10.6 Å². The predicted octanol–water partition coefficient (Wildman–Crippen LogP) is 1.67. The zero-order valence-corrected chi connectivity index (χ0v) is 11.4. The predicted molar refractivity (Wildman–Crippen MR) is 71.8 cm³/mol. The zero-order chi connectivity index (χ0) is 13.6. The van der Waals surface area contributed by atoms with Crippen LogP contribution in [0.2, 0.25) is 0 Å². The number of carbonyl (C=O) groups excluding carboxylic acids is 1. The van der Waals surface area contributed by atoms with Gasteiger partial charge in [-0.2, -0.15) is 0 Å². The van der Waals surface area contributed by atoms with Crippen LogP contribution in [0.1, 0.15) is 31.1 Å². The van der Waals surface area contributed by atoms with E-state index in [2.05, 4.69) is 15.6 Å². The molecule has 5 nitrogen and oxygen atoms in total. The summed E-state index contributed by atoms with van der Waals surface area (Å²) in [6.07, 6.45) is 3.20. The summed E-state index contributed by atoms with van der Waals surface area (Å²) < 4.78 is 5.53. The number of amides is 1. The summed E-state index contributed by atoms with van der Waals surface area (Å²) in [7, 11) is 1.77. The van der Waals surface area contributed by atoms with Crippen LogP contribution in [0, 0.1) is 0 Å². The Labute approximate surface area is 108 Å². The second-order valence-corrected chi connectivity index (χ2v) is 4.55. The van der Waals surface area contributed by atoms with E-state index in [0.29, 0.717) is 18.7 Å². The van der Waals surface area contributed by atoms with Gasteiger partial charge in [0, 0.05) is 38.3 Å². The number of rotatable bonds is 6. The molecule has 0 atom stereocenters. The fraction of sp³-hybridized carbons (Fsp3) is 0.538. The Morgan fingerprint density at radius 2 is 2.22 bits per heavy atom. The molecule has 0 radical (unpaired) electrons. The molecule has 0 fully saturated rings. The molecule has 2 N–H and O–H groups in total. The number of pyridine rings is 1. The van der Waals surface area contributed by atoms with Crippen LogP contribution in [0.15, 0.2) is 18.5 Å². The molecule has 100 valence electrons. The highest BCUT2D eigenvalue weighted by Gasteiger charge is 2.20. The lowest BCUT2D eigenvalue weighted by Gasteiger charge is -2.25. The van der Waals surface area contributed by atoms with Crippen molar-refractivity contribution in [3.05, 3.63) is 24.0 Å². The number of carbonyl (C=O) groups is 1. The average Bonchev–Trinajstić information content (AvgIpc) is 2.36. The molecule has 0 bridgehead atoms. The van der Waals surface area contributed by atoms with Gasteiger partial charge in [0.05, 0.1) is 11.2 Å². The lowest BCUT2D eigenvalue weighted by molar-refractivity contribution is -0.00815. The van der Waals surface area contributed by atoms with E-state index in [4.69, 9.17) is 4.74 Å². The Kier molecular flexibility index (Phi) is 5.09. The molecular formula is C13H21N3O2. The molecule has 0 aromatic carbocycles. The van der Waals surface area contributed by atoms with Crippen LogP contribution in [0.3, 0.4) is 0 Å². The van der Waals surface area contributed by atoms with Gasteiger partial charge in [-0.3, -0.25) is 9.78 Å². The molecule has 0 saturated carbocycles. The van der Waals surface area contributed by atoms with E-state index in [1.165, 1.54) is 0 Å². The quantitative estimate of drug-likeness (QED) is 0.807. The molecule has 1 aromatic rings. The van der Waals surface area contributed by atoms with E-state index in [0.717, 1.165) is 5.69 Å². The topological polar surface area (TPSA) is 63.2 Å². The molecule has 5 heteroatoms. The molecule has 1 amide bonds. The standard InChI is InChI=1S/C13H21N3O2/c1-5-18-13(2,3)9-16-12(17)10-8-15-7-6-11(10)14-4/h6-8H,5,9H2,1-4H3,(H,14,15)(H,16,17). The largest absolute Gasteiger partial charge is 0.387 e. The van der Waals surface area contributed by atoms with Gasteiger partial charge in [0.1, 0.15) is 0 Å². The third-order valence-electron chi connectivity index (χ3n) is 2.54. The van der Waals surface area contributed by atoms with Crippen molar-refractivity contribution in [2.45, 2.75) is 26.4 Å². The van der Waals surface area contributed by atoms with Gasteiger partial charge in [0.25, 0.3) is 5.91 Å². The number of nitrogens with zero attached hydrogens (tertiary/aromatic N) is 1. The van der Waals surface area contributed by atoms with Gasteiger partial charge in [-0.25, -0.2) is 0 Å². The van der Waals surface area contributed by atoms with Crippen molar-refractivity contribution in [2.24, 2.45) is 0 Å². The molecule has 0 spiro atoms. The van der Waals surface area contributed by atoms with Crippen molar-refractivity contribution < 1.29 is 9.53 Å². The van der Waals surface area contributed by atoms with E-state index in [-0.39, 0.29) is 11.5 Å². The molecule has 0 aliphatic heterocycles. The van der Waals surface area contributed by atoms with Gasteiger partial charge >= 0.3 is 0 Å². The normalized spacial score (nSPS) is 11.1. The first-order chi connectivity index (χ1) is 8.50. The minimum atomic E-state index is -0.369. The van der Waals surface area contributed by atoms with Gasteiger partial charge in [-0.05, 0) is 26.8 Å². The Balaban J connectivity index is 2.66. The van der Waals surface area contributed by atoms with Crippen molar-refractivity contribution in [3.8, 4) is 0 Å². The fourth-order valence-corrected chi connectivity index (χ4v) is 1.62. The SMILES string of the molecule is CCOC(C)(C)CNC(=O)c1cnccc1NC. The van der Waals surface area contributed by atoms with Crippen LogP contribution in [0.4, 0.5) is 5.69 Å². The lowest BCUT2D eigenvalue weighted by atomic mass is 10.1. The number of nitrogens with one attached hydrogen (secondary N) is 2. The average molecular weight is 251 g/mol. The van der Waals surface area contributed by atoms with Crippen LogP contribution in [-0.2, 0) is 4.74 Å². The first kappa shape index (κ1) is 14.4. The summed E-state index contributed by atoms with van der Waals surface area (Å²) in [6, 6.07) is 1.77. The van der Waals surface area contributed by atoms with Gasteiger partial charge in [0.15, 0.2) is 0 Å². The Bertz CT molecular complexity index is 405. The zero-order valence-electron chi connectivity index (χ0n) is 11.4. The number of anilines is 1. The Hall–Kier alpha value is -1.62. The smallest absolute Gasteiger partial charge is 0.255 e. The van der Waals surface area contributed by atoms with Gasteiger partial charge in [0.2, 0.25) is 0 Å². The summed E-state index contributed by atoms with van der Waals surface area (Å²) in [5.74, 6) is -0.153. The Morgan fingerprint density at radius 3 is 2.83 bits per heavy atom. The molecule has 18 heavy (non-hydrogen) atoms. The van der Waals surface area contributed by atoms with E-state index in [1.54, 1.807) is 25.5 Å². The van der Waals surface area contributed by atoms with Crippen LogP contribution >= 0.6 is 0 Å². The molecule has 1 rings (SSSR count). The third kappa shape index (κ3) is 4.00. The van der Waals surface area contributed by atoms with Crippen molar-refractivity contribution in [1.29, 1.82) is 0 Å². The lowest BCUT2D eigenvalue weighted by Crippen LogP contribution is -2.40. The number of aromatic nitrogens is 1. The van der Waals surface area contributed by atoms with Crippen LogP contribution in [-0.4, -0.2) is 36.7 Å². The van der Waals surface area contributed by atoms with Crippen molar-refractivity contribution in [1.82, 2.24) is 10.3 Å². The highest BCUT2D eigenvalue weighted by atomic mass is 16.5. The van der Waals surface area contributed by atoms with E-state index in [1.807, 2.05) is 20.8 Å². The maximum absolute atomic E-state index is 12.0. The molecule has 0 unspecified atom stereocenters. The summed E-state index contributed by atoms with van der Waals surface area (Å²) >= 11 is 0. The maximum Gasteiger partial charge on any atom is 0.255 e. The highest BCUT2D eigenvalue weighted by molar-refractivity contribution is 5.99. The summed E-state index contributed by atoms with van der Waals surface area (Å²) in [5, 5.41) is 5.82. The van der Waals surface area contributed by atoms with E-state index >= 15 is 0 Å². The molecule has 0 aliphatic carbocycles. The molecule has 0 aliphatic rings. The van der Waals surface area contributed by atoms with E-state index in [9.17, 15) is 4.79 Å². The second-order valence-electron chi connectivity index (χ2n) is 4.55. The van der Waals surface area contributed by atoms with Crippen molar-refractivity contribution >= 4 is 11.6 Å². The molecule has 1 aromatic heterocycles. The van der Waals surface area contributed by atoms with Crippen molar-refractivity contribution in [3.63, 3.8) is 0 Å². The second kappa shape index (κ2) is 6.35. The first-order valence-corrected chi connectivity index (χ1v) is 6.04. The number of ether oxygens (including phenoxy) is 1. The molecule has 0 saturated heterocycles.